The molecular formula is C23H21N3O2S. The van der Waals surface area contributed by atoms with Crippen LogP contribution in [0.15, 0.2) is 71.8 Å². The van der Waals surface area contributed by atoms with Gasteiger partial charge in [-0.05, 0) is 55.0 Å². The number of thioether (sulfide) groups is 1. The van der Waals surface area contributed by atoms with Crippen molar-refractivity contribution in [1.82, 2.24) is 4.98 Å². The highest BCUT2D eigenvalue weighted by Gasteiger charge is 2.15. The minimum atomic E-state index is -0.137. The molecule has 5 nitrogen and oxygen atoms in total. The number of benzene rings is 2. The van der Waals surface area contributed by atoms with Gasteiger partial charge in [0.1, 0.15) is 17.4 Å². The lowest BCUT2D eigenvalue weighted by molar-refractivity contribution is -0.118. The third kappa shape index (κ3) is 5.59. The summed E-state index contributed by atoms with van der Waals surface area (Å²) in [5.74, 6) is 1.36. The average Bonchev–Trinajstić information content (AvgIpc) is 2.75. The quantitative estimate of drug-likeness (QED) is 0.533. The molecule has 0 bridgehead atoms. The van der Waals surface area contributed by atoms with Gasteiger partial charge in [-0.2, -0.15) is 5.26 Å². The average molecular weight is 404 g/mol. The summed E-state index contributed by atoms with van der Waals surface area (Å²) < 4.78 is 5.73. The second-order valence-electron chi connectivity index (χ2n) is 6.56. The third-order valence-electron chi connectivity index (χ3n) is 4.25. The van der Waals surface area contributed by atoms with Gasteiger partial charge >= 0.3 is 0 Å². The lowest BCUT2D eigenvalue weighted by atomic mass is 10.1. The van der Waals surface area contributed by atoms with E-state index < -0.39 is 0 Å². The molecule has 146 valence electrons. The van der Waals surface area contributed by atoms with Gasteiger partial charge in [0, 0.05) is 28.5 Å². The molecule has 0 saturated carbocycles. The van der Waals surface area contributed by atoms with Crippen LogP contribution in [0, 0.1) is 24.2 Å². The smallest absolute Gasteiger partial charge is 0.237 e. The van der Waals surface area contributed by atoms with Crippen molar-refractivity contribution in [2.45, 2.75) is 18.7 Å². The van der Waals surface area contributed by atoms with Gasteiger partial charge in [-0.25, -0.2) is 4.98 Å². The maximum absolute atomic E-state index is 12.5. The lowest BCUT2D eigenvalue weighted by Gasteiger charge is -2.14. The Labute approximate surface area is 174 Å². The molecule has 1 heterocycles. The Morgan fingerprint density at radius 3 is 2.72 bits per heavy atom. The Bertz CT molecular complexity index is 1030. The van der Waals surface area contributed by atoms with Gasteiger partial charge in [-0.1, -0.05) is 25.1 Å². The summed E-state index contributed by atoms with van der Waals surface area (Å²) in [4.78, 5) is 17.8. The zero-order chi connectivity index (χ0) is 20.6. The van der Waals surface area contributed by atoms with Crippen LogP contribution in [0.25, 0.3) is 0 Å². The van der Waals surface area contributed by atoms with E-state index >= 15 is 0 Å². The minimum Gasteiger partial charge on any atom is -0.438 e. The molecule has 3 aromatic rings. The fourth-order valence-corrected chi connectivity index (χ4v) is 3.52. The molecule has 1 aromatic heterocycles. The first-order valence-corrected chi connectivity index (χ1v) is 10.2. The number of carbonyl (C=O) groups is 1. The molecule has 0 aliphatic rings. The van der Waals surface area contributed by atoms with Crippen LogP contribution in [0.1, 0.15) is 18.1 Å². The number of hydrogen-bond acceptors (Lipinski definition) is 5. The molecule has 6 heteroatoms. The molecule has 3 rings (SSSR count). The minimum absolute atomic E-state index is 0.0262. The second-order valence-corrected chi connectivity index (χ2v) is 7.65. The Kier molecular flexibility index (Phi) is 6.88. The van der Waals surface area contributed by atoms with Gasteiger partial charge in [-0.3, -0.25) is 4.79 Å². The Balaban J connectivity index is 1.61. The summed E-state index contributed by atoms with van der Waals surface area (Å²) in [6.45, 7) is 3.82. The normalized spacial score (nSPS) is 11.3. The highest BCUT2D eigenvalue weighted by atomic mass is 32.2. The Morgan fingerprint density at radius 1 is 1.21 bits per heavy atom. The van der Waals surface area contributed by atoms with Crippen molar-refractivity contribution in [3.63, 3.8) is 0 Å². The molecule has 0 aliphatic carbocycles. The van der Waals surface area contributed by atoms with Crippen molar-refractivity contribution in [3.8, 4) is 17.7 Å². The molecule has 0 radical (unpaired) electrons. The highest BCUT2D eigenvalue weighted by molar-refractivity contribution is 7.99. The van der Waals surface area contributed by atoms with E-state index in [0.29, 0.717) is 17.1 Å². The number of nitrogens with one attached hydrogen (secondary N) is 1. The summed E-state index contributed by atoms with van der Waals surface area (Å²) in [7, 11) is 0. The summed E-state index contributed by atoms with van der Waals surface area (Å²) in [5.41, 5.74) is 1.97. The van der Waals surface area contributed by atoms with Crippen molar-refractivity contribution in [2.24, 2.45) is 5.92 Å². The maximum atomic E-state index is 12.5. The molecule has 1 N–H and O–H groups in total. The van der Waals surface area contributed by atoms with Crippen molar-refractivity contribution in [3.05, 3.63) is 78.0 Å². The van der Waals surface area contributed by atoms with Gasteiger partial charge in [0.05, 0.1) is 0 Å². The third-order valence-corrected chi connectivity index (χ3v) is 5.52. The number of nitriles is 1. The van der Waals surface area contributed by atoms with E-state index in [2.05, 4.69) is 16.4 Å². The van der Waals surface area contributed by atoms with Crippen LogP contribution < -0.4 is 10.1 Å². The van der Waals surface area contributed by atoms with Gasteiger partial charge in [0.2, 0.25) is 11.8 Å². The maximum Gasteiger partial charge on any atom is 0.237 e. The summed E-state index contributed by atoms with van der Waals surface area (Å²) >= 11 is 1.66. The zero-order valence-electron chi connectivity index (χ0n) is 16.3. The summed E-state index contributed by atoms with van der Waals surface area (Å²) in [6, 6.07) is 20.8. The van der Waals surface area contributed by atoms with E-state index in [1.54, 1.807) is 42.2 Å². The predicted molar refractivity (Wildman–Crippen MR) is 115 cm³/mol. The summed E-state index contributed by atoms with van der Waals surface area (Å²) in [6.07, 6.45) is 1.58. The number of pyridine rings is 1. The molecule has 0 fully saturated rings. The fraction of sp³-hybridized carbons (Fsp3) is 0.174. The van der Waals surface area contributed by atoms with Crippen LogP contribution in [-0.4, -0.2) is 16.6 Å². The highest BCUT2D eigenvalue weighted by Crippen LogP contribution is 2.27. The molecule has 0 spiro atoms. The number of rotatable bonds is 7. The molecule has 1 amide bonds. The van der Waals surface area contributed by atoms with Crippen LogP contribution in [0.2, 0.25) is 0 Å². The van der Waals surface area contributed by atoms with Crippen LogP contribution in [0.4, 0.5) is 5.69 Å². The van der Waals surface area contributed by atoms with Crippen LogP contribution in [-0.2, 0) is 4.79 Å². The Morgan fingerprint density at radius 2 is 2.00 bits per heavy atom. The van der Waals surface area contributed by atoms with E-state index in [9.17, 15) is 4.79 Å². The van der Waals surface area contributed by atoms with E-state index in [1.807, 2.05) is 50.2 Å². The molecule has 29 heavy (non-hydrogen) atoms. The van der Waals surface area contributed by atoms with Crippen LogP contribution in [0.5, 0.6) is 11.6 Å². The molecule has 1 unspecified atom stereocenters. The first-order chi connectivity index (χ1) is 14.1. The predicted octanol–water partition coefficient (Wildman–Crippen LogP) is 5.42. The zero-order valence-corrected chi connectivity index (χ0v) is 17.1. The van der Waals surface area contributed by atoms with Crippen LogP contribution >= 0.6 is 11.8 Å². The summed E-state index contributed by atoms with van der Waals surface area (Å²) in [5, 5.41) is 12.1. The largest absolute Gasteiger partial charge is 0.438 e. The van der Waals surface area contributed by atoms with Crippen molar-refractivity contribution in [1.29, 1.82) is 5.26 Å². The van der Waals surface area contributed by atoms with Crippen LogP contribution in [0.3, 0.4) is 0 Å². The number of nitrogens with zero attached hydrogens (tertiary/aromatic N) is 2. The monoisotopic (exact) mass is 403 g/mol. The lowest BCUT2D eigenvalue weighted by Crippen LogP contribution is -2.22. The second kappa shape index (κ2) is 9.76. The van der Waals surface area contributed by atoms with E-state index in [4.69, 9.17) is 10.00 Å². The van der Waals surface area contributed by atoms with Crippen molar-refractivity contribution < 1.29 is 9.53 Å². The molecule has 0 saturated heterocycles. The number of hydrogen-bond donors (Lipinski definition) is 1. The van der Waals surface area contributed by atoms with Crippen molar-refractivity contribution >= 4 is 23.4 Å². The van der Waals surface area contributed by atoms with Gasteiger partial charge < -0.3 is 10.1 Å². The topological polar surface area (TPSA) is 75.0 Å². The number of anilines is 1. The molecule has 1 atom stereocenters. The van der Waals surface area contributed by atoms with Gasteiger partial charge in [-0.15, -0.1) is 11.8 Å². The Hall–Kier alpha value is -3.30. The van der Waals surface area contributed by atoms with E-state index in [1.165, 1.54) is 0 Å². The number of amides is 1. The number of aromatic nitrogens is 1. The molecular weight excluding hydrogens is 382 g/mol. The molecule has 0 aliphatic heterocycles. The number of aryl methyl sites for hydroxylation is 1. The first-order valence-electron chi connectivity index (χ1n) is 9.19. The fourth-order valence-electron chi connectivity index (χ4n) is 2.58. The van der Waals surface area contributed by atoms with Gasteiger partial charge in [0.25, 0.3) is 0 Å². The standard InChI is InChI=1S/C23H21N3O2S/c1-16-13-19(28-23-18(14-24)7-6-12-25-23)10-11-21(16)26-22(27)17(2)15-29-20-8-4-3-5-9-20/h3-13,17H,15H2,1-2H3,(H,26,27). The first kappa shape index (κ1) is 20.4. The number of ether oxygens (including phenoxy) is 1. The van der Waals surface area contributed by atoms with Gasteiger partial charge in [0.15, 0.2) is 0 Å². The number of carbonyl (C=O) groups excluding carboxylic acids is 1. The SMILES string of the molecule is Cc1cc(Oc2ncccc2C#N)ccc1NC(=O)C(C)CSc1ccccc1. The molecule has 2 aromatic carbocycles. The van der Waals surface area contributed by atoms with Crippen molar-refractivity contribution in [2.75, 3.05) is 11.1 Å². The van der Waals surface area contributed by atoms with E-state index in [0.717, 1.165) is 16.1 Å². The van der Waals surface area contributed by atoms with E-state index in [-0.39, 0.29) is 17.7 Å².